The summed E-state index contributed by atoms with van der Waals surface area (Å²) in [5.41, 5.74) is 1.76. The molecule has 2 aromatic rings. The normalized spacial score (nSPS) is 10.4. The molecule has 2 rings (SSSR count). The van der Waals surface area contributed by atoms with Crippen LogP contribution in [0.2, 0.25) is 0 Å². The lowest BCUT2D eigenvalue weighted by molar-refractivity contribution is 0.0693. The van der Waals surface area contributed by atoms with Crippen molar-refractivity contribution in [2.45, 2.75) is 26.6 Å². The molecule has 1 aromatic carbocycles. The molecule has 5 heteroatoms. The second-order valence-corrected chi connectivity index (χ2v) is 4.28. The molecular weight excluding hydrogens is 256 g/mol. The number of hydrogen-bond donors (Lipinski definition) is 1. The van der Waals surface area contributed by atoms with Gasteiger partial charge in [0.25, 0.3) is 0 Å². The van der Waals surface area contributed by atoms with Crippen molar-refractivity contribution in [3.8, 4) is 0 Å². The summed E-state index contributed by atoms with van der Waals surface area (Å²) in [7, 11) is 0. The Hall–Kier alpha value is -2.27. The number of aromatic carboxylic acids is 1. The summed E-state index contributed by atoms with van der Waals surface area (Å²) in [6, 6.07) is 9.81. The van der Waals surface area contributed by atoms with Gasteiger partial charge in [-0.3, -0.25) is 0 Å². The summed E-state index contributed by atoms with van der Waals surface area (Å²) in [6.45, 7) is 2.61. The van der Waals surface area contributed by atoms with Gasteiger partial charge in [0, 0.05) is 6.20 Å². The lowest BCUT2D eigenvalue weighted by Crippen LogP contribution is -2.09. The highest BCUT2D eigenvalue weighted by Gasteiger charge is 2.11. The van der Waals surface area contributed by atoms with Crippen LogP contribution in [0.3, 0.4) is 0 Å². The van der Waals surface area contributed by atoms with E-state index in [4.69, 9.17) is 9.84 Å². The molecule has 20 heavy (non-hydrogen) atoms. The van der Waals surface area contributed by atoms with Crippen molar-refractivity contribution in [3.05, 3.63) is 59.2 Å². The summed E-state index contributed by atoms with van der Waals surface area (Å²) in [6.07, 6.45) is 1.89. The first-order chi connectivity index (χ1) is 9.70. The van der Waals surface area contributed by atoms with Crippen LogP contribution in [-0.4, -0.2) is 21.0 Å². The van der Waals surface area contributed by atoms with Crippen molar-refractivity contribution in [2.24, 2.45) is 0 Å². The van der Waals surface area contributed by atoms with E-state index in [0.29, 0.717) is 24.5 Å². The Kier molecular flexibility index (Phi) is 4.79. The summed E-state index contributed by atoms with van der Waals surface area (Å²) < 4.78 is 5.53. The maximum absolute atomic E-state index is 11.0. The van der Waals surface area contributed by atoms with Gasteiger partial charge < -0.3 is 9.84 Å². The van der Waals surface area contributed by atoms with Gasteiger partial charge >= 0.3 is 5.97 Å². The Morgan fingerprint density at radius 2 is 2.00 bits per heavy atom. The molecule has 0 saturated heterocycles. The van der Waals surface area contributed by atoms with E-state index >= 15 is 0 Å². The molecule has 1 aromatic heterocycles. The van der Waals surface area contributed by atoms with Crippen molar-refractivity contribution >= 4 is 5.97 Å². The van der Waals surface area contributed by atoms with Gasteiger partial charge in [-0.15, -0.1) is 0 Å². The Balaban J connectivity index is 1.98. The summed E-state index contributed by atoms with van der Waals surface area (Å²) in [5.74, 6) is -0.499. The number of carboxylic acid groups (broad SMARTS) is 1. The topological polar surface area (TPSA) is 72.3 Å². The van der Waals surface area contributed by atoms with Gasteiger partial charge in [-0.05, 0) is 12.0 Å². The minimum atomic E-state index is -1.00. The maximum atomic E-state index is 11.0. The number of aryl methyl sites for hydroxylation is 1. The highest BCUT2D eigenvalue weighted by atomic mass is 16.5. The molecule has 0 amide bonds. The number of carbonyl (C=O) groups is 1. The lowest BCUT2D eigenvalue weighted by atomic mass is 10.2. The molecular formula is C15H16N2O3. The molecule has 0 spiro atoms. The molecule has 0 aliphatic heterocycles. The van der Waals surface area contributed by atoms with E-state index in [9.17, 15) is 4.79 Å². The smallest absolute Gasteiger partial charge is 0.339 e. The van der Waals surface area contributed by atoms with Gasteiger partial charge in [-0.25, -0.2) is 14.8 Å². The summed E-state index contributed by atoms with van der Waals surface area (Å²) in [5, 5.41) is 9.00. The van der Waals surface area contributed by atoms with E-state index in [1.807, 2.05) is 37.3 Å². The first-order valence-corrected chi connectivity index (χ1v) is 6.40. The Morgan fingerprint density at radius 1 is 1.25 bits per heavy atom. The Morgan fingerprint density at radius 3 is 2.65 bits per heavy atom. The predicted octanol–water partition coefficient (Wildman–Crippen LogP) is 2.45. The largest absolute Gasteiger partial charge is 0.478 e. The van der Waals surface area contributed by atoms with Crippen LogP contribution in [0.5, 0.6) is 0 Å². The van der Waals surface area contributed by atoms with Crippen LogP contribution in [0.1, 0.15) is 34.4 Å². The van der Waals surface area contributed by atoms with Crippen LogP contribution in [0.25, 0.3) is 0 Å². The number of aromatic nitrogens is 2. The minimum absolute atomic E-state index is 0.152. The molecule has 0 saturated carbocycles. The third kappa shape index (κ3) is 3.61. The second-order valence-electron chi connectivity index (χ2n) is 4.28. The van der Waals surface area contributed by atoms with Crippen molar-refractivity contribution in [3.63, 3.8) is 0 Å². The van der Waals surface area contributed by atoms with Gasteiger partial charge in [0.2, 0.25) is 0 Å². The van der Waals surface area contributed by atoms with Crippen molar-refractivity contribution in [1.29, 1.82) is 0 Å². The Labute approximate surface area is 117 Å². The van der Waals surface area contributed by atoms with E-state index in [-0.39, 0.29) is 12.2 Å². The fourth-order valence-corrected chi connectivity index (χ4v) is 1.81. The van der Waals surface area contributed by atoms with E-state index in [2.05, 4.69) is 9.97 Å². The average Bonchev–Trinajstić information content (AvgIpc) is 2.48. The third-order valence-corrected chi connectivity index (χ3v) is 2.83. The third-order valence-electron chi connectivity index (χ3n) is 2.83. The van der Waals surface area contributed by atoms with Crippen LogP contribution >= 0.6 is 0 Å². The van der Waals surface area contributed by atoms with Crippen LogP contribution in [0, 0.1) is 0 Å². The molecule has 5 nitrogen and oxygen atoms in total. The molecule has 0 fully saturated rings. The fourth-order valence-electron chi connectivity index (χ4n) is 1.81. The predicted molar refractivity (Wildman–Crippen MR) is 73.3 cm³/mol. The van der Waals surface area contributed by atoms with Gasteiger partial charge in [-0.2, -0.15) is 0 Å². The first kappa shape index (κ1) is 14.1. The van der Waals surface area contributed by atoms with E-state index < -0.39 is 5.97 Å². The fraction of sp³-hybridized carbons (Fsp3) is 0.267. The number of benzene rings is 1. The van der Waals surface area contributed by atoms with Crippen molar-refractivity contribution < 1.29 is 14.6 Å². The quantitative estimate of drug-likeness (QED) is 0.874. The van der Waals surface area contributed by atoms with Gasteiger partial charge in [-0.1, -0.05) is 37.3 Å². The molecule has 0 aliphatic rings. The maximum Gasteiger partial charge on any atom is 0.339 e. The standard InChI is InChI=1S/C15H16N2O3/c1-2-13-12(15(18)19)8-16-14(17-13)10-20-9-11-6-4-3-5-7-11/h3-8H,2,9-10H2,1H3,(H,18,19). The first-order valence-electron chi connectivity index (χ1n) is 6.40. The zero-order valence-corrected chi connectivity index (χ0v) is 11.2. The van der Waals surface area contributed by atoms with Crippen molar-refractivity contribution in [1.82, 2.24) is 9.97 Å². The molecule has 1 heterocycles. The van der Waals surface area contributed by atoms with E-state index in [0.717, 1.165) is 5.56 Å². The molecule has 0 atom stereocenters. The second kappa shape index (κ2) is 6.77. The summed E-state index contributed by atoms with van der Waals surface area (Å²) >= 11 is 0. The number of rotatable bonds is 6. The van der Waals surface area contributed by atoms with Crippen LogP contribution in [-0.2, 0) is 24.4 Å². The SMILES string of the molecule is CCc1nc(COCc2ccccc2)ncc1C(=O)O. The van der Waals surface area contributed by atoms with E-state index in [1.54, 1.807) is 0 Å². The molecule has 0 bridgehead atoms. The zero-order valence-electron chi connectivity index (χ0n) is 11.2. The molecule has 104 valence electrons. The molecule has 0 aliphatic carbocycles. The number of nitrogens with zero attached hydrogens (tertiary/aromatic N) is 2. The molecule has 1 N–H and O–H groups in total. The highest BCUT2D eigenvalue weighted by Crippen LogP contribution is 2.08. The van der Waals surface area contributed by atoms with Crippen molar-refractivity contribution in [2.75, 3.05) is 0 Å². The zero-order chi connectivity index (χ0) is 14.4. The van der Waals surface area contributed by atoms with Crippen LogP contribution < -0.4 is 0 Å². The lowest BCUT2D eigenvalue weighted by Gasteiger charge is -2.06. The minimum Gasteiger partial charge on any atom is -0.478 e. The number of hydrogen-bond acceptors (Lipinski definition) is 4. The monoisotopic (exact) mass is 272 g/mol. The number of ether oxygens (including phenoxy) is 1. The Bertz CT molecular complexity index is 585. The van der Waals surface area contributed by atoms with Gasteiger partial charge in [0.15, 0.2) is 5.82 Å². The molecule has 0 unspecified atom stereocenters. The average molecular weight is 272 g/mol. The summed E-state index contributed by atoms with van der Waals surface area (Å²) in [4.78, 5) is 19.2. The van der Waals surface area contributed by atoms with Crippen LogP contribution in [0.15, 0.2) is 36.5 Å². The van der Waals surface area contributed by atoms with Gasteiger partial charge in [0.1, 0.15) is 6.61 Å². The molecule has 0 radical (unpaired) electrons. The van der Waals surface area contributed by atoms with E-state index in [1.165, 1.54) is 6.20 Å². The van der Waals surface area contributed by atoms with Crippen LogP contribution in [0.4, 0.5) is 0 Å². The van der Waals surface area contributed by atoms with Gasteiger partial charge in [0.05, 0.1) is 17.9 Å². The highest BCUT2D eigenvalue weighted by molar-refractivity contribution is 5.88. The number of carboxylic acids is 1.